The van der Waals surface area contributed by atoms with E-state index in [1.807, 2.05) is 48.5 Å². The normalized spacial score (nSPS) is 11.8. The average molecular weight is 429 g/mol. The van der Waals surface area contributed by atoms with Gasteiger partial charge in [0.2, 0.25) is 5.91 Å². The number of aromatic nitrogens is 2. The van der Waals surface area contributed by atoms with Gasteiger partial charge in [-0.3, -0.25) is 9.59 Å². The number of nitrogens with zero attached hydrogens (tertiary/aromatic N) is 2. The Morgan fingerprint density at radius 3 is 2.34 bits per heavy atom. The van der Waals surface area contributed by atoms with Crippen molar-refractivity contribution in [2.75, 3.05) is 11.9 Å². The number of carbonyl (C=O) groups excluding carboxylic acids is 1. The first-order valence-corrected chi connectivity index (χ1v) is 10.2. The molecule has 7 nitrogen and oxygen atoms in total. The summed E-state index contributed by atoms with van der Waals surface area (Å²) in [6.45, 7) is 1.42. The Morgan fingerprint density at radius 1 is 1.00 bits per heavy atom. The van der Waals surface area contributed by atoms with Crippen molar-refractivity contribution in [3.05, 3.63) is 89.2 Å². The van der Waals surface area contributed by atoms with Gasteiger partial charge in [-0.15, -0.1) is 0 Å². The highest BCUT2D eigenvalue weighted by Crippen LogP contribution is 2.24. The van der Waals surface area contributed by atoms with Gasteiger partial charge in [0.1, 0.15) is 18.5 Å². The number of amides is 1. The van der Waals surface area contributed by atoms with Gasteiger partial charge in [0, 0.05) is 23.6 Å². The van der Waals surface area contributed by atoms with Crippen LogP contribution < -0.4 is 15.6 Å². The first-order valence-electron chi connectivity index (χ1n) is 10.2. The highest BCUT2D eigenvalue weighted by molar-refractivity contribution is 5.93. The third kappa shape index (κ3) is 4.84. The molecule has 0 aliphatic rings. The summed E-state index contributed by atoms with van der Waals surface area (Å²) in [5.74, 6) is 0.388. The molecule has 1 unspecified atom stereocenters. The predicted molar refractivity (Wildman–Crippen MR) is 124 cm³/mol. The van der Waals surface area contributed by atoms with Crippen LogP contribution in [0.25, 0.3) is 22.0 Å². The maximum absolute atomic E-state index is 13.0. The quantitative estimate of drug-likeness (QED) is 0.469. The van der Waals surface area contributed by atoms with E-state index in [0.717, 1.165) is 10.9 Å². The Hall–Kier alpha value is -3.97. The van der Waals surface area contributed by atoms with Gasteiger partial charge in [-0.25, -0.2) is 4.68 Å². The number of nitrogens with one attached hydrogen (secondary N) is 1. The van der Waals surface area contributed by atoms with E-state index in [1.54, 1.807) is 30.3 Å². The van der Waals surface area contributed by atoms with Crippen LogP contribution in [0.2, 0.25) is 0 Å². The molecule has 0 saturated carbocycles. The Morgan fingerprint density at radius 2 is 1.66 bits per heavy atom. The van der Waals surface area contributed by atoms with Crippen molar-refractivity contribution in [2.45, 2.75) is 19.6 Å². The van der Waals surface area contributed by atoms with Gasteiger partial charge < -0.3 is 15.2 Å². The lowest BCUT2D eigenvalue weighted by Gasteiger charge is -2.15. The number of hydrogen-bond donors (Lipinski definition) is 2. The molecule has 0 aliphatic carbocycles. The third-order valence-electron chi connectivity index (χ3n) is 4.92. The van der Waals surface area contributed by atoms with Gasteiger partial charge in [0.15, 0.2) is 0 Å². The summed E-state index contributed by atoms with van der Waals surface area (Å²) in [5, 5.41) is 19.1. The van der Waals surface area contributed by atoms with Crippen molar-refractivity contribution in [3.63, 3.8) is 0 Å². The maximum Gasteiger partial charge on any atom is 0.274 e. The van der Waals surface area contributed by atoms with E-state index >= 15 is 0 Å². The highest BCUT2D eigenvalue weighted by Gasteiger charge is 2.15. The Labute approximate surface area is 184 Å². The number of rotatable bonds is 7. The molecule has 4 rings (SSSR count). The molecule has 2 N–H and O–H groups in total. The molecule has 0 radical (unpaired) electrons. The fraction of sp³-hybridized carbons (Fsp3) is 0.160. The second-order valence-electron chi connectivity index (χ2n) is 7.42. The zero-order valence-corrected chi connectivity index (χ0v) is 17.6. The molecule has 1 aromatic heterocycles. The van der Waals surface area contributed by atoms with E-state index in [4.69, 9.17) is 4.74 Å². The van der Waals surface area contributed by atoms with Crippen molar-refractivity contribution in [1.82, 2.24) is 9.78 Å². The first-order chi connectivity index (χ1) is 15.5. The number of aliphatic hydroxyl groups is 1. The lowest BCUT2D eigenvalue weighted by atomic mass is 10.1. The number of benzene rings is 3. The Balaban J connectivity index is 1.53. The summed E-state index contributed by atoms with van der Waals surface area (Å²) < 4.78 is 6.93. The molecule has 1 amide bonds. The second kappa shape index (κ2) is 9.45. The predicted octanol–water partition coefficient (Wildman–Crippen LogP) is 3.46. The van der Waals surface area contributed by atoms with Crippen LogP contribution in [0.5, 0.6) is 5.75 Å². The van der Waals surface area contributed by atoms with Crippen LogP contribution >= 0.6 is 0 Å². The van der Waals surface area contributed by atoms with E-state index in [0.29, 0.717) is 22.5 Å². The molecule has 0 saturated heterocycles. The molecule has 0 aliphatic heterocycles. The number of fused-ring (bicyclic) bond motifs is 1. The number of ether oxygens (including phenoxy) is 1. The van der Waals surface area contributed by atoms with Crippen LogP contribution in [0, 0.1) is 0 Å². The fourth-order valence-corrected chi connectivity index (χ4v) is 3.45. The van der Waals surface area contributed by atoms with E-state index in [9.17, 15) is 14.7 Å². The Kier molecular flexibility index (Phi) is 6.28. The number of hydrogen-bond acceptors (Lipinski definition) is 5. The Bertz CT molecular complexity index is 1280. The summed E-state index contributed by atoms with van der Waals surface area (Å²) in [5.41, 5.74) is 1.97. The third-order valence-corrected chi connectivity index (χ3v) is 4.92. The lowest BCUT2D eigenvalue weighted by Crippen LogP contribution is -2.32. The maximum atomic E-state index is 13.0. The molecule has 4 aromatic rings. The van der Waals surface area contributed by atoms with Crippen molar-refractivity contribution in [3.8, 4) is 17.0 Å². The average Bonchev–Trinajstić information content (AvgIpc) is 2.81. The van der Waals surface area contributed by atoms with Crippen LogP contribution in [0.15, 0.2) is 83.7 Å². The van der Waals surface area contributed by atoms with Crippen molar-refractivity contribution in [2.24, 2.45) is 0 Å². The smallest absolute Gasteiger partial charge is 0.274 e. The molecule has 0 spiro atoms. The molecular formula is C25H23N3O4. The van der Waals surface area contributed by atoms with Crippen molar-refractivity contribution >= 4 is 22.4 Å². The molecule has 0 fully saturated rings. The van der Waals surface area contributed by atoms with Crippen LogP contribution in [-0.2, 0) is 11.3 Å². The second-order valence-corrected chi connectivity index (χ2v) is 7.42. The molecule has 7 heteroatoms. The van der Waals surface area contributed by atoms with Gasteiger partial charge in [0.25, 0.3) is 5.56 Å². The van der Waals surface area contributed by atoms with Crippen LogP contribution in [0.3, 0.4) is 0 Å². The summed E-state index contributed by atoms with van der Waals surface area (Å²) in [6, 6.07) is 23.8. The standard InChI is InChI=1S/C25H23N3O4/c1-17(29)26-19-11-13-21(14-12-19)32-16-20(30)15-28-25(31)23-10-6-5-9-22(23)24(27-28)18-7-3-2-4-8-18/h2-14,20,30H,15-16H2,1H3,(H,26,29). The summed E-state index contributed by atoms with van der Waals surface area (Å²) in [4.78, 5) is 24.1. The SMILES string of the molecule is CC(=O)Nc1ccc(OCC(O)Cn2nc(-c3ccccc3)c3ccccc3c2=O)cc1. The molecule has 1 heterocycles. The highest BCUT2D eigenvalue weighted by atomic mass is 16.5. The molecule has 1 atom stereocenters. The number of carbonyl (C=O) groups is 1. The number of anilines is 1. The summed E-state index contributed by atoms with van der Waals surface area (Å²) >= 11 is 0. The topological polar surface area (TPSA) is 93.4 Å². The molecule has 32 heavy (non-hydrogen) atoms. The van der Waals surface area contributed by atoms with Gasteiger partial charge in [-0.2, -0.15) is 5.10 Å². The number of aliphatic hydroxyl groups excluding tert-OH is 1. The van der Waals surface area contributed by atoms with Gasteiger partial charge in [-0.1, -0.05) is 48.5 Å². The van der Waals surface area contributed by atoms with Crippen LogP contribution in [0.1, 0.15) is 6.92 Å². The van der Waals surface area contributed by atoms with Crippen LogP contribution in [-0.4, -0.2) is 33.5 Å². The summed E-state index contributed by atoms with van der Waals surface area (Å²) in [6.07, 6.45) is -0.944. The fourth-order valence-electron chi connectivity index (χ4n) is 3.45. The van der Waals surface area contributed by atoms with E-state index < -0.39 is 6.10 Å². The molecule has 162 valence electrons. The van der Waals surface area contributed by atoms with E-state index in [2.05, 4.69) is 10.4 Å². The molecule has 0 bridgehead atoms. The first kappa shape index (κ1) is 21.3. The van der Waals surface area contributed by atoms with Gasteiger partial charge in [0.05, 0.1) is 17.6 Å². The molecular weight excluding hydrogens is 406 g/mol. The van der Waals surface area contributed by atoms with E-state index in [-0.39, 0.29) is 24.6 Å². The van der Waals surface area contributed by atoms with E-state index in [1.165, 1.54) is 11.6 Å². The zero-order valence-electron chi connectivity index (χ0n) is 17.6. The minimum absolute atomic E-state index is 0.00647. The van der Waals surface area contributed by atoms with Gasteiger partial charge >= 0.3 is 0 Å². The van der Waals surface area contributed by atoms with Crippen LogP contribution in [0.4, 0.5) is 5.69 Å². The minimum Gasteiger partial charge on any atom is -0.491 e. The lowest BCUT2D eigenvalue weighted by molar-refractivity contribution is -0.114. The largest absolute Gasteiger partial charge is 0.491 e. The van der Waals surface area contributed by atoms with Gasteiger partial charge in [-0.05, 0) is 30.3 Å². The summed E-state index contributed by atoms with van der Waals surface area (Å²) in [7, 11) is 0. The minimum atomic E-state index is -0.944. The monoisotopic (exact) mass is 429 g/mol. The zero-order chi connectivity index (χ0) is 22.5. The van der Waals surface area contributed by atoms with Crippen molar-refractivity contribution < 1.29 is 14.6 Å². The van der Waals surface area contributed by atoms with Crippen molar-refractivity contribution in [1.29, 1.82) is 0 Å². The molecule has 3 aromatic carbocycles.